The van der Waals surface area contributed by atoms with Crippen molar-refractivity contribution in [2.45, 2.75) is 51.8 Å². The average molecular weight is 426 g/mol. The summed E-state index contributed by atoms with van der Waals surface area (Å²) in [5.41, 5.74) is 1.20. The van der Waals surface area contributed by atoms with E-state index in [9.17, 15) is 9.50 Å². The summed E-state index contributed by atoms with van der Waals surface area (Å²) in [5, 5.41) is 22.6. The van der Waals surface area contributed by atoms with Gasteiger partial charge in [-0.15, -0.1) is 10.2 Å². The summed E-state index contributed by atoms with van der Waals surface area (Å²) in [6.45, 7) is 4.22. The summed E-state index contributed by atoms with van der Waals surface area (Å²) >= 11 is 0. The maximum Gasteiger partial charge on any atom is 0.233 e. The first-order valence-electron chi connectivity index (χ1n) is 10.4. The van der Waals surface area contributed by atoms with Gasteiger partial charge in [-0.1, -0.05) is 13.8 Å². The van der Waals surface area contributed by atoms with Gasteiger partial charge in [0.25, 0.3) is 0 Å². The monoisotopic (exact) mass is 426 g/mol. The fraction of sp³-hybridized carbons (Fsp3) is 0.435. The van der Waals surface area contributed by atoms with Gasteiger partial charge in [0.15, 0.2) is 5.82 Å². The number of alkyl halides is 1. The van der Waals surface area contributed by atoms with E-state index in [-0.39, 0.29) is 22.5 Å². The molecule has 4 atom stereocenters. The zero-order chi connectivity index (χ0) is 21.8. The Hall–Kier alpha value is -3.03. The number of ether oxygens (including phenoxy) is 1. The summed E-state index contributed by atoms with van der Waals surface area (Å²) in [4.78, 5) is 0. The van der Waals surface area contributed by atoms with Crippen LogP contribution in [-0.2, 0) is 0 Å². The fourth-order valence-corrected chi connectivity index (χ4v) is 5.29. The van der Waals surface area contributed by atoms with Gasteiger partial charge < -0.3 is 9.84 Å². The molecule has 2 aliphatic rings. The molecule has 2 aliphatic carbocycles. The van der Waals surface area contributed by atoms with E-state index in [4.69, 9.17) is 4.74 Å². The molecule has 2 fully saturated rings. The number of fused-ring (bicyclic) bond motifs is 2. The van der Waals surface area contributed by atoms with Gasteiger partial charge in [0.05, 0.1) is 23.8 Å². The lowest BCUT2D eigenvalue weighted by atomic mass is 9.68. The second-order valence-corrected chi connectivity index (χ2v) is 9.47. The highest BCUT2D eigenvalue weighted by molar-refractivity contribution is 5.68. The molecule has 1 aromatic carbocycles. The molecule has 0 spiro atoms. The van der Waals surface area contributed by atoms with Crippen LogP contribution < -0.4 is 4.74 Å². The summed E-state index contributed by atoms with van der Waals surface area (Å²) in [6.07, 6.45) is 4.22. The van der Waals surface area contributed by atoms with Crippen molar-refractivity contribution in [3.63, 3.8) is 0 Å². The smallest absolute Gasteiger partial charge is 0.233 e. The highest BCUT2D eigenvalue weighted by Gasteiger charge is 2.56. The second kappa shape index (κ2) is 7.00. The van der Waals surface area contributed by atoms with Crippen molar-refractivity contribution in [3.05, 3.63) is 48.5 Å². The number of hydrogen-bond donors (Lipinski definition) is 1. The minimum absolute atomic E-state index is 0.0371. The van der Waals surface area contributed by atoms with E-state index < -0.39 is 18.1 Å². The van der Waals surface area contributed by atoms with E-state index in [0.29, 0.717) is 23.4 Å². The van der Waals surface area contributed by atoms with E-state index in [2.05, 4.69) is 22.2 Å². The van der Waals surface area contributed by atoms with Crippen LogP contribution in [-0.4, -0.2) is 37.4 Å². The Kier molecular flexibility index (Phi) is 4.50. The number of hydrogen-bond acceptors (Lipinski definition) is 5. The first-order chi connectivity index (χ1) is 14.7. The van der Waals surface area contributed by atoms with Crippen molar-refractivity contribution in [2.75, 3.05) is 0 Å². The Morgan fingerprint density at radius 3 is 2.68 bits per heavy atom. The van der Waals surface area contributed by atoms with Crippen LogP contribution in [0.5, 0.6) is 11.6 Å². The van der Waals surface area contributed by atoms with Gasteiger partial charge >= 0.3 is 0 Å². The Morgan fingerprint density at radius 1 is 1.16 bits per heavy atom. The fourth-order valence-electron chi connectivity index (χ4n) is 5.29. The number of nitrogens with zero attached hydrogens (tertiary/aromatic N) is 4. The van der Waals surface area contributed by atoms with Crippen LogP contribution in [0.15, 0.2) is 42.7 Å². The lowest BCUT2D eigenvalue weighted by Crippen LogP contribution is -2.46. The molecule has 3 aromatic rings. The maximum absolute atomic E-state index is 15.1. The molecule has 2 heterocycles. The summed E-state index contributed by atoms with van der Waals surface area (Å²) < 4.78 is 35.5. The first-order valence-corrected chi connectivity index (χ1v) is 10.4. The molecule has 1 N–H and O–H groups in total. The SMILES string of the molecule is C[C@@]12CC[C@@](C)(C1)[C@@H](F)[C@@H](Oc1ccc(-c3ccc(-n4cc(F)cn4)cc3O)nn1)C2. The molecule has 0 saturated heterocycles. The number of aromatic hydroxyl groups is 1. The van der Waals surface area contributed by atoms with Crippen molar-refractivity contribution in [1.82, 2.24) is 20.0 Å². The zero-order valence-electron chi connectivity index (χ0n) is 17.4. The standard InChI is InChI=1S/C23H24F2N4O2/c1-22-7-8-23(2,13-22)21(25)19(10-22)31-20-6-5-17(27-28-20)16-4-3-15(9-18(16)30)29-12-14(24)11-26-29/h3-6,9,11-12,19,21,30H,7-8,10,13H2,1-2H3/t19-,21-,22-,23-/m0/s1. The molecular weight excluding hydrogens is 402 g/mol. The molecule has 31 heavy (non-hydrogen) atoms. The van der Waals surface area contributed by atoms with Crippen LogP contribution in [0, 0.1) is 16.6 Å². The molecule has 2 aromatic heterocycles. The predicted molar refractivity (Wildman–Crippen MR) is 110 cm³/mol. The molecule has 0 aliphatic heterocycles. The van der Waals surface area contributed by atoms with E-state index in [1.54, 1.807) is 24.3 Å². The van der Waals surface area contributed by atoms with Crippen molar-refractivity contribution >= 4 is 0 Å². The maximum atomic E-state index is 15.1. The minimum Gasteiger partial charge on any atom is -0.507 e. The molecule has 0 unspecified atom stereocenters. The Bertz CT molecular complexity index is 1120. The van der Waals surface area contributed by atoms with Crippen LogP contribution in [0.2, 0.25) is 0 Å². The average Bonchev–Trinajstić information content (AvgIpc) is 3.29. The highest BCUT2D eigenvalue weighted by atomic mass is 19.1. The molecule has 0 radical (unpaired) electrons. The van der Waals surface area contributed by atoms with Crippen LogP contribution in [0.3, 0.4) is 0 Å². The number of aromatic nitrogens is 4. The third kappa shape index (κ3) is 3.54. The molecule has 5 rings (SSSR count). The van der Waals surface area contributed by atoms with Gasteiger partial charge in [-0.2, -0.15) is 5.10 Å². The quantitative estimate of drug-likeness (QED) is 0.645. The number of rotatable bonds is 4. The third-order valence-corrected chi connectivity index (χ3v) is 6.80. The molecular formula is C23H24F2N4O2. The second-order valence-electron chi connectivity index (χ2n) is 9.47. The summed E-state index contributed by atoms with van der Waals surface area (Å²) in [5.74, 6) is -0.229. The lowest BCUT2D eigenvalue weighted by Gasteiger charge is -2.42. The molecule has 6 nitrogen and oxygen atoms in total. The third-order valence-electron chi connectivity index (χ3n) is 6.80. The minimum atomic E-state index is -1.03. The lowest BCUT2D eigenvalue weighted by molar-refractivity contribution is -0.0432. The van der Waals surface area contributed by atoms with E-state index in [0.717, 1.165) is 25.5 Å². The molecule has 0 amide bonds. The van der Waals surface area contributed by atoms with Crippen molar-refractivity contribution in [2.24, 2.45) is 10.8 Å². The van der Waals surface area contributed by atoms with Crippen LogP contribution in [0.1, 0.15) is 39.5 Å². The van der Waals surface area contributed by atoms with Crippen molar-refractivity contribution in [3.8, 4) is 28.6 Å². The van der Waals surface area contributed by atoms with E-state index in [1.807, 2.05) is 6.92 Å². The Labute approximate surface area is 178 Å². The van der Waals surface area contributed by atoms with Crippen LogP contribution in [0.25, 0.3) is 16.9 Å². The van der Waals surface area contributed by atoms with Crippen LogP contribution in [0.4, 0.5) is 8.78 Å². The highest BCUT2D eigenvalue weighted by Crippen LogP contribution is 2.59. The number of phenolic OH excluding ortho intramolecular Hbond substituents is 1. The zero-order valence-corrected chi connectivity index (χ0v) is 17.4. The van der Waals surface area contributed by atoms with E-state index in [1.165, 1.54) is 16.9 Å². The summed E-state index contributed by atoms with van der Waals surface area (Å²) in [7, 11) is 0. The van der Waals surface area contributed by atoms with Gasteiger partial charge in [0.2, 0.25) is 5.88 Å². The number of halogens is 2. The van der Waals surface area contributed by atoms with Gasteiger partial charge in [-0.3, -0.25) is 0 Å². The number of benzene rings is 1. The van der Waals surface area contributed by atoms with Crippen LogP contribution >= 0.6 is 0 Å². The van der Waals surface area contributed by atoms with Gasteiger partial charge in [-0.25, -0.2) is 13.5 Å². The van der Waals surface area contributed by atoms with Gasteiger partial charge in [0, 0.05) is 23.1 Å². The largest absolute Gasteiger partial charge is 0.507 e. The first kappa shape index (κ1) is 19.9. The van der Waals surface area contributed by atoms with Gasteiger partial charge in [0.1, 0.15) is 18.0 Å². The Balaban J connectivity index is 1.34. The van der Waals surface area contributed by atoms with E-state index >= 15 is 4.39 Å². The normalized spacial score (nSPS) is 29.8. The Morgan fingerprint density at radius 2 is 2.00 bits per heavy atom. The van der Waals surface area contributed by atoms with Gasteiger partial charge in [-0.05, 0) is 49.3 Å². The molecule has 8 heteroatoms. The molecule has 162 valence electrons. The summed E-state index contributed by atoms with van der Waals surface area (Å²) in [6, 6.07) is 8.15. The number of phenols is 1. The topological polar surface area (TPSA) is 73.1 Å². The van der Waals surface area contributed by atoms with Crippen molar-refractivity contribution in [1.29, 1.82) is 0 Å². The van der Waals surface area contributed by atoms with Crippen molar-refractivity contribution < 1.29 is 18.6 Å². The molecule has 2 bridgehead atoms. The molecule has 2 saturated carbocycles. The predicted octanol–water partition coefficient (Wildman–Crippen LogP) is 4.86.